The molecule has 0 aliphatic rings. The first-order chi connectivity index (χ1) is 8.70. The Morgan fingerprint density at radius 3 is 3.00 bits per heavy atom. The minimum Gasteiger partial charge on any atom is -0.345 e. The highest BCUT2D eigenvalue weighted by Crippen LogP contribution is 2.19. The van der Waals surface area contributed by atoms with Gasteiger partial charge in [0.25, 0.3) is 5.91 Å². The van der Waals surface area contributed by atoms with Gasteiger partial charge in [-0.15, -0.1) is 0 Å². The van der Waals surface area contributed by atoms with Crippen LogP contribution < -0.4 is 16.6 Å². The molecule has 0 fully saturated rings. The second kappa shape index (κ2) is 5.48. The molecule has 2 rings (SSSR count). The lowest BCUT2D eigenvalue weighted by Crippen LogP contribution is -2.25. The second-order valence-corrected chi connectivity index (χ2v) is 3.80. The van der Waals surface area contributed by atoms with Crippen LogP contribution in [0.25, 0.3) is 0 Å². The normalized spacial score (nSPS) is 10.1. The molecule has 0 unspecified atom stereocenters. The maximum atomic E-state index is 11.9. The first-order valence-corrected chi connectivity index (χ1v) is 5.38. The Morgan fingerprint density at radius 2 is 2.33 bits per heavy atom. The summed E-state index contributed by atoms with van der Waals surface area (Å²) >= 11 is 5.83. The number of nitrogens with one attached hydrogen (secondary N) is 2. The molecule has 0 saturated heterocycles. The minimum absolute atomic E-state index is 0.159. The van der Waals surface area contributed by atoms with Crippen molar-refractivity contribution in [1.82, 2.24) is 15.5 Å². The molecule has 7 nitrogen and oxygen atoms in total. The monoisotopic (exact) mass is 267 g/mol. The van der Waals surface area contributed by atoms with Gasteiger partial charge in [0, 0.05) is 5.02 Å². The van der Waals surface area contributed by atoms with Crippen LogP contribution in [0.15, 0.2) is 29.1 Å². The number of hydrogen-bond donors (Lipinski definition) is 3. The maximum Gasteiger partial charge on any atom is 0.253 e. The van der Waals surface area contributed by atoms with E-state index in [0.29, 0.717) is 22.1 Å². The number of hydrazine groups is 1. The van der Waals surface area contributed by atoms with Gasteiger partial charge in [-0.3, -0.25) is 10.6 Å². The number of halogens is 1. The van der Waals surface area contributed by atoms with Gasteiger partial charge in [-0.05, 0) is 18.2 Å². The number of amides is 1. The standard InChI is InChI=1S/C10H10ClN5O2/c11-6-1-2-8(15-12)7(3-6)10(17)13-4-9-14-5-18-16-9/h1-3,5,15H,4,12H2,(H,13,17). The van der Waals surface area contributed by atoms with Crippen molar-refractivity contribution in [2.24, 2.45) is 5.84 Å². The quantitative estimate of drug-likeness (QED) is 0.562. The first-order valence-electron chi connectivity index (χ1n) is 5.00. The molecule has 0 atom stereocenters. The van der Waals surface area contributed by atoms with Crippen molar-refractivity contribution in [2.75, 3.05) is 5.43 Å². The summed E-state index contributed by atoms with van der Waals surface area (Å²) in [4.78, 5) is 15.7. The zero-order valence-corrected chi connectivity index (χ0v) is 9.94. The highest BCUT2D eigenvalue weighted by atomic mass is 35.5. The third-order valence-electron chi connectivity index (χ3n) is 2.20. The van der Waals surface area contributed by atoms with Crippen LogP contribution in [0.3, 0.4) is 0 Å². The van der Waals surface area contributed by atoms with E-state index in [1.54, 1.807) is 12.1 Å². The van der Waals surface area contributed by atoms with E-state index >= 15 is 0 Å². The van der Waals surface area contributed by atoms with Crippen LogP contribution >= 0.6 is 11.6 Å². The molecule has 1 aromatic carbocycles. The van der Waals surface area contributed by atoms with Crippen LogP contribution in [0, 0.1) is 0 Å². The fraction of sp³-hybridized carbons (Fsp3) is 0.100. The Labute approximate surface area is 107 Å². The van der Waals surface area contributed by atoms with Gasteiger partial charge >= 0.3 is 0 Å². The van der Waals surface area contributed by atoms with Gasteiger partial charge in [0.05, 0.1) is 17.8 Å². The zero-order valence-electron chi connectivity index (χ0n) is 9.18. The number of carbonyl (C=O) groups excluding carboxylic acids is 1. The third kappa shape index (κ3) is 2.76. The molecule has 0 radical (unpaired) electrons. The average molecular weight is 268 g/mol. The number of nitrogen functional groups attached to an aromatic ring is 1. The lowest BCUT2D eigenvalue weighted by atomic mass is 10.1. The molecule has 94 valence electrons. The van der Waals surface area contributed by atoms with Crippen molar-refractivity contribution < 1.29 is 9.32 Å². The summed E-state index contributed by atoms with van der Waals surface area (Å²) in [5, 5.41) is 6.64. The number of rotatable bonds is 4. The predicted octanol–water partition coefficient (Wildman–Crippen LogP) is 0.939. The van der Waals surface area contributed by atoms with E-state index in [1.807, 2.05) is 0 Å². The van der Waals surface area contributed by atoms with Crippen molar-refractivity contribution in [3.63, 3.8) is 0 Å². The molecule has 1 amide bonds. The van der Waals surface area contributed by atoms with Crippen molar-refractivity contribution in [3.8, 4) is 0 Å². The van der Waals surface area contributed by atoms with Gasteiger partial charge in [0.15, 0.2) is 5.82 Å². The Kier molecular flexibility index (Phi) is 3.75. The van der Waals surface area contributed by atoms with Crippen LogP contribution in [-0.2, 0) is 6.54 Å². The lowest BCUT2D eigenvalue weighted by molar-refractivity contribution is 0.0950. The highest BCUT2D eigenvalue weighted by molar-refractivity contribution is 6.31. The van der Waals surface area contributed by atoms with Crippen LogP contribution in [-0.4, -0.2) is 16.0 Å². The van der Waals surface area contributed by atoms with E-state index in [0.717, 1.165) is 0 Å². The van der Waals surface area contributed by atoms with Gasteiger partial charge in [0.2, 0.25) is 6.39 Å². The summed E-state index contributed by atoms with van der Waals surface area (Å²) in [6.07, 6.45) is 1.19. The molecule has 2 aromatic rings. The summed E-state index contributed by atoms with van der Waals surface area (Å²) in [5.74, 6) is 5.36. The fourth-order valence-corrected chi connectivity index (χ4v) is 1.53. The molecule has 0 aliphatic heterocycles. The van der Waals surface area contributed by atoms with Gasteiger partial charge in [-0.25, -0.2) is 0 Å². The zero-order chi connectivity index (χ0) is 13.0. The summed E-state index contributed by atoms with van der Waals surface area (Å²) in [6, 6.07) is 4.76. The van der Waals surface area contributed by atoms with Crippen molar-refractivity contribution in [2.45, 2.75) is 6.54 Å². The first kappa shape index (κ1) is 12.3. The van der Waals surface area contributed by atoms with Crippen molar-refractivity contribution >= 4 is 23.2 Å². The molecular formula is C10H10ClN5O2. The smallest absolute Gasteiger partial charge is 0.253 e. The molecule has 1 heterocycles. The SMILES string of the molecule is NNc1ccc(Cl)cc1C(=O)NCc1ncon1. The molecular weight excluding hydrogens is 258 g/mol. The van der Waals surface area contributed by atoms with Crippen molar-refractivity contribution in [3.05, 3.63) is 41.0 Å². The fourth-order valence-electron chi connectivity index (χ4n) is 1.36. The number of benzene rings is 1. The van der Waals surface area contributed by atoms with E-state index in [2.05, 4.69) is 25.4 Å². The Balaban J connectivity index is 2.10. The molecule has 0 aliphatic carbocycles. The topological polar surface area (TPSA) is 106 Å². The number of carbonyl (C=O) groups is 1. The summed E-state index contributed by atoms with van der Waals surface area (Å²) in [5.41, 5.74) is 3.25. The largest absolute Gasteiger partial charge is 0.345 e. The third-order valence-corrected chi connectivity index (χ3v) is 2.43. The summed E-state index contributed by atoms with van der Waals surface area (Å²) in [7, 11) is 0. The maximum absolute atomic E-state index is 11.9. The number of nitrogens with zero attached hydrogens (tertiary/aromatic N) is 2. The average Bonchev–Trinajstić information content (AvgIpc) is 2.89. The van der Waals surface area contributed by atoms with E-state index in [4.69, 9.17) is 17.4 Å². The highest BCUT2D eigenvalue weighted by Gasteiger charge is 2.12. The van der Waals surface area contributed by atoms with Gasteiger partial charge in [0.1, 0.15) is 0 Å². The number of nitrogens with two attached hydrogens (primary N) is 1. The number of anilines is 1. The molecule has 0 spiro atoms. The molecule has 18 heavy (non-hydrogen) atoms. The van der Waals surface area contributed by atoms with Crippen LogP contribution in [0.5, 0.6) is 0 Å². The summed E-state index contributed by atoms with van der Waals surface area (Å²) < 4.78 is 4.55. The summed E-state index contributed by atoms with van der Waals surface area (Å²) in [6.45, 7) is 0.159. The molecule has 0 bridgehead atoms. The van der Waals surface area contributed by atoms with Crippen LogP contribution in [0.4, 0.5) is 5.69 Å². The van der Waals surface area contributed by atoms with Crippen LogP contribution in [0.2, 0.25) is 5.02 Å². The minimum atomic E-state index is -0.338. The van der Waals surface area contributed by atoms with E-state index in [-0.39, 0.29) is 12.5 Å². The van der Waals surface area contributed by atoms with Crippen LogP contribution in [0.1, 0.15) is 16.2 Å². The number of hydrogen-bond acceptors (Lipinski definition) is 6. The molecule has 1 aromatic heterocycles. The van der Waals surface area contributed by atoms with Gasteiger partial charge < -0.3 is 15.3 Å². The Bertz CT molecular complexity index is 543. The Hall–Kier alpha value is -2.12. The molecule has 4 N–H and O–H groups in total. The second-order valence-electron chi connectivity index (χ2n) is 3.36. The van der Waals surface area contributed by atoms with Gasteiger partial charge in [-0.1, -0.05) is 16.8 Å². The van der Waals surface area contributed by atoms with E-state index in [9.17, 15) is 4.79 Å². The molecule has 0 saturated carbocycles. The van der Waals surface area contributed by atoms with E-state index < -0.39 is 0 Å². The van der Waals surface area contributed by atoms with E-state index in [1.165, 1.54) is 12.5 Å². The predicted molar refractivity (Wildman–Crippen MR) is 64.7 cm³/mol. The Morgan fingerprint density at radius 1 is 1.50 bits per heavy atom. The van der Waals surface area contributed by atoms with Crippen molar-refractivity contribution in [1.29, 1.82) is 0 Å². The lowest BCUT2D eigenvalue weighted by Gasteiger charge is -2.08. The number of aromatic nitrogens is 2. The molecule has 8 heteroatoms. The van der Waals surface area contributed by atoms with Gasteiger partial charge in [-0.2, -0.15) is 4.98 Å².